The third-order valence-electron chi connectivity index (χ3n) is 1.32. The van der Waals surface area contributed by atoms with Gasteiger partial charge in [0, 0.05) is 45.7 Å². The molecule has 1 aromatic rings. The molecule has 1 rings (SSSR count). The summed E-state index contributed by atoms with van der Waals surface area (Å²) in [7, 11) is -4.02. The van der Waals surface area contributed by atoms with E-state index >= 15 is 0 Å². The maximum Gasteiger partial charge on any atom is 0.294 e. The summed E-state index contributed by atoms with van der Waals surface area (Å²) >= 11 is 2.44. The summed E-state index contributed by atoms with van der Waals surface area (Å²) in [5.74, 6) is 0. The number of halogens is 1. The maximum absolute atomic E-state index is 10.5. The molecule has 0 spiro atoms. The molecule has 0 aliphatic heterocycles. The third kappa shape index (κ3) is 6.13. The number of hydrogen-bond donors (Lipinski definition) is 2. The molecule has 7 heteroatoms. The first kappa shape index (κ1) is 17.0. The number of hydrogen-bond acceptors (Lipinski definition) is 3. The number of rotatable bonds is 1. The van der Waals surface area contributed by atoms with Crippen molar-refractivity contribution in [1.82, 2.24) is 0 Å². The summed E-state index contributed by atoms with van der Waals surface area (Å²) in [5.41, 5.74) is 0.956. The van der Waals surface area contributed by atoms with Gasteiger partial charge in [-0.05, 0) is 19.1 Å². The largest absolute Gasteiger partial charge is 0.294 e. The molecule has 0 unspecified atom stereocenters. The summed E-state index contributed by atoms with van der Waals surface area (Å²) in [4.78, 5) is -0.0666. The molecule has 1 aromatic carbocycles. The van der Waals surface area contributed by atoms with E-state index in [4.69, 9.17) is 4.55 Å². The molecule has 0 aliphatic carbocycles. The van der Waals surface area contributed by atoms with Gasteiger partial charge in [0.2, 0.25) is 0 Å². The summed E-state index contributed by atoms with van der Waals surface area (Å²) in [6.45, 7) is 1.84. The van der Waals surface area contributed by atoms with E-state index in [1.165, 1.54) is 12.1 Å². The van der Waals surface area contributed by atoms with Gasteiger partial charge in [-0.1, -0.05) is 17.7 Å². The minimum Gasteiger partial charge on any atom is -0.282 e. The smallest absolute Gasteiger partial charge is 0.282 e. The van der Waals surface area contributed by atoms with Gasteiger partial charge in [-0.25, -0.2) is 0 Å². The molecule has 1 radical (unpaired) electrons. The Hall–Kier alpha value is 0.570. The Balaban J connectivity index is 0. The Bertz CT molecular complexity index is 352. The molecular formula is C7H10BrNNaO3S. The second-order valence-electron chi connectivity index (χ2n) is 2.29. The van der Waals surface area contributed by atoms with E-state index in [0.29, 0.717) is 0 Å². The molecule has 0 aliphatic rings. The molecule has 0 heterocycles. The monoisotopic (exact) mass is 290 g/mol. The molecular weight excluding hydrogens is 281 g/mol. The van der Waals surface area contributed by atoms with Crippen LogP contribution in [0.3, 0.4) is 0 Å². The first-order valence-corrected chi connectivity index (χ1v) is 5.62. The predicted octanol–water partition coefficient (Wildman–Crippen LogP) is 1.12. The molecule has 4 nitrogen and oxygen atoms in total. The van der Waals surface area contributed by atoms with Crippen LogP contribution < -0.4 is 4.76 Å². The normalized spacial score (nSPS) is 9.43. The number of aryl methyl sites for hydroxylation is 1. The first-order chi connectivity index (χ1) is 6.00. The average Bonchev–Trinajstić information content (AvgIpc) is 2.07. The fourth-order valence-electron chi connectivity index (χ4n) is 0.710. The summed E-state index contributed by atoms with van der Waals surface area (Å²) in [6.07, 6.45) is 0. The van der Waals surface area contributed by atoms with Crippen LogP contribution in [0.4, 0.5) is 0 Å². The molecule has 3 N–H and O–H groups in total. The zero-order valence-corrected chi connectivity index (χ0v) is 12.3. The average molecular weight is 291 g/mol. The number of benzene rings is 1. The van der Waals surface area contributed by atoms with Crippen molar-refractivity contribution in [2.24, 2.45) is 4.76 Å². The molecule has 0 fully saturated rings. The predicted molar refractivity (Wildman–Crippen MR) is 59.9 cm³/mol. The molecule has 0 aromatic heterocycles. The molecule has 14 heavy (non-hydrogen) atoms. The second kappa shape index (κ2) is 7.81. The van der Waals surface area contributed by atoms with Crippen LogP contribution in [0.2, 0.25) is 0 Å². The minimum absolute atomic E-state index is 0. The Labute approximate surface area is 114 Å². The molecule has 0 amide bonds. The fraction of sp³-hybridized carbons (Fsp3) is 0.143. The molecule has 0 saturated carbocycles. The van der Waals surface area contributed by atoms with E-state index in [1.54, 1.807) is 12.1 Å². The van der Waals surface area contributed by atoms with Crippen LogP contribution in [0, 0.1) is 6.92 Å². The summed E-state index contributed by atoms with van der Waals surface area (Å²) in [5, 5.41) is 0. The summed E-state index contributed by atoms with van der Waals surface area (Å²) in [6, 6.07) is 5.99. The van der Waals surface area contributed by atoms with Gasteiger partial charge in [-0.3, -0.25) is 9.31 Å². The van der Waals surface area contributed by atoms with Gasteiger partial charge in [-0.15, -0.1) is 0 Å². The van der Waals surface area contributed by atoms with Crippen LogP contribution in [0.1, 0.15) is 5.56 Å². The zero-order chi connectivity index (χ0) is 10.5. The van der Waals surface area contributed by atoms with E-state index in [2.05, 4.69) is 20.9 Å². The van der Waals surface area contributed by atoms with Crippen molar-refractivity contribution >= 4 is 55.8 Å². The van der Waals surface area contributed by atoms with Gasteiger partial charge < -0.3 is 0 Å². The first-order valence-electron chi connectivity index (χ1n) is 3.26. The SMILES string of the molecule is Cc1ccc(S(=O)(=O)O)cc1.NBr.[Na]. The second-order valence-corrected chi connectivity index (χ2v) is 3.71. The zero-order valence-electron chi connectivity index (χ0n) is 7.94. The Morgan fingerprint density at radius 2 is 1.57 bits per heavy atom. The summed E-state index contributed by atoms with van der Waals surface area (Å²) < 4.78 is 33.9. The maximum atomic E-state index is 10.5. The van der Waals surface area contributed by atoms with Crippen molar-refractivity contribution in [2.45, 2.75) is 11.8 Å². The van der Waals surface area contributed by atoms with Gasteiger partial charge in [0.25, 0.3) is 10.1 Å². The van der Waals surface area contributed by atoms with Gasteiger partial charge >= 0.3 is 0 Å². The van der Waals surface area contributed by atoms with E-state index < -0.39 is 10.1 Å². The molecule has 75 valence electrons. The van der Waals surface area contributed by atoms with Crippen molar-refractivity contribution in [2.75, 3.05) is 0 Å². The van der Waals surface area contributed by atoms with Crippen molar-refractivity contribution in [1.29, 1.82) is 0 Å². The quantitative estimate of drug-likeness (QED) is 0.461. The van der Waals surface area contributed by atoms with Crippen molar-refractivity contribution in [3.05, 3.63) is 29.8 Å². The van der Waals surface area contributed by atoms with Crippen LogP contribution in [0.25, 0.3) is 0 Å². The number of nitrogens with two attached hydrogens (primary N) is 1. The van der Waals surface area contributed by atoms with Crippen molar-refractivity contribution in [3.8, 4) is 0 Å². The standard InChI is InChI=1S/C7H8O3S.BrH2N.Na/c1-6-2-4-7(5-3-6)11(8,9)10;1-2;/h2-5H,1H3,(H,8,9,10);2H2;. The molecule has 0 bridgehead atoms. The molecule has 0 atom stereocenters. The van der Waals surface area contributed by atoms with E-state index in [1.807, 2.05) is 6.92 Å². The van der Waals surface area contributed by atoms with Crippen LogP contribution >= 0.6 is 16.1 Å². The Morgan fingerprint density at radius 3 is 1.86 bits per heavy atom. The fourth-order valence-corrected chi connectivity index (χ4v) is 1.19. The van der Waals surface area contributed by atoms with Crippen LogP contribution in [0.5, 0.6) is 0 Å². The van der Waals surface area contributed by atoms with Gasteiger partial charge in [-0.2, -0.15) is 8.42 Å². The van der Waals surface area contributed by atoms with E-state index in [-0.39, 0.29) is 34.5 Å². The Morgan fingerprint density at radius 1 is 1.21 bits per heavy atom. The van der Waals surface area contributed by atoms with Crippen LogP contribution in [-0.4, -0.2) is 42.5 Å². The van der Waals surface area contributed by atoms with Gasteiger partial charge in [0.1, 0.15) is 0 Å². The van der Waals surface area contributed by atoms with Crippen molar-refractivity contribution < 1.29 is 13.0 Å². The minimum atomic E-state index is -4.02. The van der Waals surface area contributed by atoms with Gasteiger partial charge in [0.15, 0.2) is 0 Å². The Kier molecular flexibility index (Phi) is 9.47. The topological polar surface area (TPSA) is 80.4 Å². The molecule has 0 saturated heterocycles. The van der Waals surface area contributed by atoms with E-state index in [0.717, 1.165) is 5.56 Å². The van der Waals surface area contributed by atoms with Crippen LogP contribution in [-0.2, 0) is 10.1 Å². The van der Waals surface area contributed by atoms with Crippen LogP contribution in [0.15, 0.2) is 29.2 Å². The van der Waals surface area contributed by atoms with Crippen molar-refractivity contribution in [3.63, 3.8) is 0 Å². The van der Waals surface area contributed by atoms with Gasteiger partial charge in [0.05, 0.1) is 4.90 Å². The third-order valence-corrected chi connectivity index (χ3v) is 2.19. The van der Waals surface area contributed by atoms with E-state index in [9.17, 15) is 8.42 Å².